The molecule has 0 N–H and O–H groups in total. The van der Waals surface area contributed by atoms with E-state index in [-0.39, 0.29) is 12.1 Å². The predicted octanol–water partition coefficient (Wildman–Crippen LogP) is 3.04. The van der Waals surface area contributed by atoms with Crippen LogP contribution >= 0.6 is 0 Å². The maximum absolute atomic E-state index is 11.7. The van der Waals surface area contributed by atoms with Crippen LogP contribution < -0.4 is 4.74 Å². The molecule has 0 aliphatic carbocycles. The van der Waals surface area contributed by atoms with Crippen LogP contribution in [0.2, 0.25) is 0 Å². The largest absolute Gasteiger partial charge is 0.497 e. The van der Waals surface area contributed by atoms with Crippen molar-refractivity contribution in [2.24, 2.45) is 0 Å². The number of hydrogen-bond acceptors (Lipinski definition) is 3. The highest BCUT2D eigenvalue weighted by molar-refractivity contribution is 5.89. The van der Waals surface area contributed by atoms with Gasteiger partial charge in [-0.3, -0.25) is 0 Å². The molecule has 0 heterocycles. The minimum absolute atomic E-state index is 0.0281. The lowest BCUT2D eigenvalue weighted by molar-refractivity contribution is 0.0323. The van der Waals surface area contributed by atoms with E-state index < -0.39 is 0 Å². The minimum Gasteiger partial charge on any atom is -0.497 e. The van der Waals surface area contributed by atoms with Crippen LogP contribution in [0.25, 0.3) is 0 Å². The summed E-state index contributed by atoms with van der Waals surface area (Å²) in [6, 6.07) is 6.92. The predicted molar refractivity (Wildman–Crippen MR) is 62.8 cm³/mol. The molecular weight excluding hydrogens is 204 g/mol. The Labute approximate surface area is 96.4 Å². The molecule has 0 aliphatic rings. The van der Waals surface area contributed by atoms with Gasteiger partial charge in [-0.25, -0.2) is 4.79 Å². The minimum atomic E-state index is -0.274. The van der Waals surface area contributed by atoms with Gasteiger partial charge in [0.05, 0.1) is 18.8 Å². The molecule has 0 fully saturated rings. The molecule has 1 aromatic carbocycles. The Morgan fingerprint density at radius 1 is 1.31 bits per heavy atom. The molecule has 0 aromatic heterocycles. The number of benzene rings is 1. The summed E-state index contributed by atoms with van der Waals surface area (Å²) in [5, 5.41) is 0. The molecule has 0 amide bonds. The first-order valence-corrected chi connectivity index (χ1v) is 5.52. The Bertz CT molecular complexity index is 330. The molecule has 1 unspecified atom stereocenters. The Hall–Kier alpha value is -1.51. The molecule has 88 valence electrons. The summed E-state index contributed by atoms with van der Waals surface area (Å²) in [4.78, 5) is 11.7. The van der Waals surface area contributed by atoms with E-state index in [0.29, 0.717) is 5.56 Å². The van der Waals surface area contributed by atoms with Gasteiger partial charge >= 0.3 is 5.97 Å². The van der Waals surface area contributed by atoms with Crippen LogP contribution in [-0.4, -0.2) is 19.2 Å². The normalized spacial score (nSPS) is 11.9. The van der Waals surface area contributed by atoms with Crippen LogP contribution in [0, 0.1) is 0 Å². The summed E-state index contributed by atoms with van der Waals surface area (Å²) >= 11 is 0. The van der Waals surface area contributed by atoms with Gasteiger partial charge in [-0.2, -0.15) is 0 Å². The smallest absolute Gasteiger partial charge is 0.338 e. The summed E-state index contributed by atoms with van der Waals surface area (Å²) in [5.41, 5.74) is 0.559. The van der Waals surface area contributed by atoms with Gasteiger partial charge in [0.15, 0.2) is 0 Å². The number of carbonyl (C=O) groups excluding carboxylic acids is 1. The van der Waals surface area contributed by atoms with E-state index in [1.165, 1.54) is 0 Å². The Balaban J connectivity index is 2.59. The Morgan fingerprint density at radius 3 is 2.44 bits per heavy atom. The van der Waals surface area contributed by atoms with E-state index in [4.69, 9.17) is 9.47 Å². The quantitative estimate of drug-likeness (QED) is 0.718. The van der Waals surface area contributed by atoms with E-state index in [1.54, 1.807) is 31.4 Å². The van der Waals surface area contributed by atoms with Gasteiger partial charge in [-0.1, -0.05) is 13.3 Å². The Morgan fingerprint density at radius 2 is 1.94 bits per heavy atom. The van der Waals surface area contributed by atoms with Crippen molar-refractivity contribution in [3.05, 3.63) is 29.8 Å². The molecular formula is C13H18O3. The van der Waals surface area contributed by atoms with Gasteiger partial charge in [0.25, 0.3) is 0 Å². The second kappa shape index (κ2) is 6.16. The molecule has 0 aliphatic heterocycles. The molecule has 0 radical (unpaired) electrons. The third-order valence-electron chi connectivity index (χ3n) is 2.33. The number of ether oxygens (including phenoxy) is 2. The van der Waals surface area contributed by atoms with Crippen molar-refractivity contribution in [3.8, 4) is 5.75 Å². The first-order chi connectivity index (χ1) is 7.67. The summed E-state index contributed by atoms with van der Waals surface area (Å²) < 4.78 is 10.3. The fourth-order valence-electron chi connectivity index (χ4n) is 1.44. The molecule has 1 aromatic rings. The standard InChI is InChI=1S/C13H18O3/c1-4-5-10(2)16-13(14)11-6-8-12(15-3)9-7-11/h6-10H,4-5H2,1-3H3. The number of hydrogen-bond donors (Lipinski definition) is 0. The van der Waals surface area contributed by atoms with E-state index in [1.807, 2.05) is 6.92 Å². The Kier molecular flexibility index (Phi) is 4.83. The lowest BCUT2D eigenvalue weighted by Gasteiger charge is -2.12. The molecule has 1 atom stereocenters. The number of rotatable bonds is 5. The second-order valence-electron chi connectivity index (χ2n) is 3.73. The van der Waals surface area contributed by atoms with E-state index in [0.717, 1.165) is 18.6 Å². The number of carbonyl (C=O) groups is 1. The summed E-state index contributed by atoms with van der Waals surface area (Å²) in [6.45, 7) is 3.97. The average molecular weight is 222 g/mol. The third-order valence-corrected chi connectivity index (χ3v) is 2.33. The fraction of sp³-hybridized carbons (Fsp3) is 0.462. The van der Waals surface area contributed by atoms with Crippen LogP contribution in [0.1, 0.15) is 37.0 Å². The zero-order valence-corrected chi connectivity index (χ0v) is 10.0. The lowest BCUT2D eigenvalue weighted by Crippen LogP contribution is -2.14. The van der Waals surface area contributed by atoms with Crippen molar-refractivity contribution in [2.75, 3.05) is 7.11 Å². The van der Waals surface area contributed by atoms with Crippen molar-refractivity contribution in [3.63, 3.8) is 0 Å². The zero-order chi connectivity index (χ0) is 12.0. The van der Waals surface area contributed by atoms with Gasteiger partial charge in [-0.15, -0.1) is 0 Å². The topological polar surface area (TPSA) is 35.5 Å². The molecule has 1 rings (SSSR count). The van der Waals surface area contributed by atoms with Crippen LogP contribution in [0.4, 0.5) is 0 Å². The average Bonchev–Trinajstić information content (AvgIpc) is 2.29. The zero-order valence-electron chi connectivity index (χ0n) is 10.0. The highest BCUT2D eigenvalue weighted by Crippen LogP contribution is 2.13. The number of methoxy groups -OCH3 is 1. The molecule has 0 bridgehead atoms. The monoisotopic (exact) mass is 222 g/mol. The van der Waals surface area contributed by atoms with Crippen LogP contribution in [0.3, 0.4) is 0 Å². The summed E-state index contributed by atoms with van der Waals surface area (Å²) in [5.74, 6) is 0.460. The van der Waals surface area contributed by atoms with Crippen molar-refractivity contribution in [1.29, 1.82) is 0 Å². The molecule has 16 heavy (non-hydrogen) atoms. The van der Waals surface area contributed by atoms with Gasteiger partial charge in [0.2, 0.25) is 0 Å². The van der Waals surface area contributed by atoms with Gasteiger partial charge < -0.3 is 9.47 Å². The van der Waals surface area contributed by atoms with E-state index in [9.17, 15) is 4.79 Å². The molecule has 0 saturated carbocycles. The maximum atomic E-state index is 11.7. The first kappa shape index (κ1) is 12.6. The maximum Gasteiger partial charge on any atom is 0.338 e. The van der Waals surface area contributed by atoms with Crippen LogP contribution in [0.5, 0.6) is 5.75 Å². The fourth-order valence-corrected chi connectivity index (χ4v) is 1.44. The van der Waals surface area contributed by atoms with E-state index >= 15 is 0 Å². The summed E-state index contributed by atoms with van der Waals surface area (Å²) in [6.07, 6.45) is 1.87. The van der Waals surface area contributed by atoms with Gasteiger partial charge in [0, 0.05) is 0 Å². The molecule has 3 heteroatoms. The van der Waals surface area contributed by atoms with Crippen LogP contribution in [0.15, 0.2) is 24.3 Å². The summed E-state index contributed by atoms with van der Waals surface area (Å²) in [7, 11) is 1.59. The van der Waals surface area contributed by atoms with E-state index in [2.05, 4.69) is 6.92 Å². The van der Waals surface area contributed by atoms with Crippen molar-refractivity contribution < 1.29 is 14.3 Å². The highest BCUT2D eigenvalue weighted by Gasteiger charge is 2.10. The van der Waals surface area contributed by atoms with Crippen molar-refractivity contribution in [1.82, 2.24) is 0 Å². The van der Waals surface area contributed by atoms with Crippen LogP contribution in [-0.2, 0) is 4.74 Å². The first-order valence-electron chi connectivity index (χ1n) is 5.52. The molecule has 0 spiro atoms. The molecule has 3 nitrogen and oxygen atoms in total. The van der Waals surface area contributed by atoms with Crippen molar-refractivity contribution >= 4 is 5.97 Å². The molecule has 0 saturated heterocycles. The van der Waals surface area contributed by atoms with Gasteiger partial charge in [-0.05, 0) is 37.6 Å². The third kappa shape index (κ3) is 3.57. The lowest BCUT2D eigenvalue weighted by atomic mass is 10.2. The van der Waals surface area contributed by atoms with Crippen molar-refractivity contribution in [2.45, 2.75) is 32.8 Å². The number of esters is 1. The second-order valence-corrected chi connectivity index (χ2v) is 3.73. The SMILES string of the molecule is CCCC(C)OC(=O)c1ccc(OC)cc1. The van der Waals surface area contributed by atoms with Gasteiger partial charge in [0.1, 0.15) is 5.75 Å². The highest BCUT2D eigenvalue weighted by atomic mass is 16.5.